The van der Waals surface area contributed by atoms with Crippen LogP contribution in [0.5, 0.6) is 0 Å². The Hall–Kier alpha value is -3.45. The monoisotopic (exact) mass is 391 g/mol. The van der Waals surface area contributed by atoms with Gasteiger partial charge in [-0.3, -0.25) is 14.4 Å². The molecule has 7 heteroatoms. The molecule has 3 N–H and O–H groups in total. The molecule has 1 aromatic heterocycles. The molecule has 0 fully saturated rings. The average Bonchev–Trinajstić information content (AvgIpc) is 3.23. The molecule has 0 aliphatic carbocycles. The molecule has 1 aliphatic rings. The Morgan fingerprint density at radius 2 is 1.71 bits per heavy atom. The van der Waals surface area contributed by atoms with Gasteiger partial charge in [-0.05, 0) is 59.8 Å². The van der Waals surface area contributed by atoms with E-state index < -0.39 is 0 Å². The highest BCUT2D eigenvalue weighted by molar-refractivity contribution is 7.12. The number of rotatable bonds is 4. The summed E-state index contributed by atoms with van der Waals surface area (Å²) in [5.74, 6) is -0.470. The maximum Gasteiger partial charge on any atom is 0.265 e. The maximum atomic E-state index is 12.6. The second-order valence-corrected chi connectivity index (χ2v) is 7.33. The minimum absolute atomic E-state index is 0.00527. The van der Waals surface area contributed by atoms with Gasteiger partial charge in [0.2, 0.25) is 5.91 Å². The van der Waals surface area contributed by atoms with Gasteiger partial charge in [-0.25, -0.2) is 0 Å². The van der Waals surface area contributed by atoms with Gasteiger partial charge in [-0.15, -0.1) is 11.3 Å². The molecule has 0 radical (unpaired) electrons. The van der Waals surface area contributed by atoms with Gasteiger partial charge in [0.15, 0.2) is 0 Å². The molecule has 2 heterocycles. The zero-order chi connectivity index (χ0) is 19.5. The Morgan fingerprint density at radius 1 is 0.893 bits per heavy atom. The van der Waals surface area contributed by atoms with Crippen molar-refractivity contribution in [2.24, 2.45) is 0 Å². The molecule has 0 unspecified atom stereocenters. The molecule has 3 aromatic rings. The van der Waals surface area contributed by atoms with Crippen LogP contribution in [0, 0.1) is 0 Å². The van der Waals surface area contributed by atoms with Gasteiger partial charge in [0.05, 0.1) is 4.88 Å². The van der Waals surface area contributed by atoms with Crippen molar-refractivity contribution in [3.63, 3.8) is 0 Å². The van der Waals surface area contributed by atoms with Gasteiger partial charge in [0.1, 0.15) is 0 Å². The summed E-state index contributed by atoms with van der Waals surface area (Å²) in [6.07, 6.45) is 1.09. The van der Waals surface area contributed by atoms with Crippen molar-refractivity contribution in [2.75, 3.05) is 16.0 Å². The molecule has 1 aliphatic heterocycles. The van der Waals surface area contributed by atoms with E-state index in [0.717, 1.165) is 11.3 Å². The number of thiophene rings is 1. The smallest absolute Gasteiger partial charge is 0.265 e. The fourth-order valence-electron chi connectivity index (χ4n) is 3.00. The summed E-state index contributed by atoms with van der Waals surface area (Å²) < 4.78 is 0. The van der Waals surface area contributed by atoms with Crippen LogP contribution >= 0.6 is 11.3 Å². The van der Waals surface area contributed by atoms with E-state index >= 15 is 0 Å². The van der Waals surface area contributed by atoms with E-state index in [1.165, 1.54) is 11.3 Å². The lowest BCUT2D eigenvalue weighted by molar-refractivity contribution is -0.116. The van der Waals surface area contributed by atoms with E-state index in [1.54, 1.807) is 42.5 Å². The molecule has 28 heavy (non-hydrogen) atoms. The molecule has 6 nitrogen and oxygen atoms in total. The van der Waals surface area contributed by atoms with E-state index in [2.05, 4.69) is 16.0 Å². The van der Waals surface area contributed by atoms with Crippen molar-refractivity contribution in [2.45, 2.75) is 12.8 Å². The van der Waals surface area contributed by atoms with Crippen molar-refractivity contribution in [1.82, 2.24) is 0 Å². The zero-order valence-electron chi connectivity index (χ0n) is 14.8. The Kier molecular flexibility index (Phi) is 4.90. The maximum absolute atomic E-state index is 12.6. The fourth-order valence-corrected chi connectivity index (χ4v) is 3.62. The number of benzene rings is 2. The average molecular weight is 391 g/mol. The van der Waals surface area contributed by atoms with Crippen LogP contribution in [0.15, 0.2) is 60.0 Å². The molecular formula is C21H17N3O3S. The lowest BCUT2D eigenvalue weighted by atomic mass is 10.0. The largest absolute Gasteiger partial charge is 0.326 e. The molecular weight excluding hydrogens is 374 g/mol. The Labute approximate surface area is 165 Å². The van der Waals surface area contributed by atoms with Gasteiger partial charge in [-0.1, -0.05) is 12.1 Å². The zero-order valence-corrected chi connectivity index (χ0v) is 15.6. The SMILES string of the molecule is O=C1CCc2cc(NC(=O)c3cccc(NC(=O)c4cccs4)c3)ccc2N1. The summed E-state index contributed by atoms with van der Waals surface area (Å²) in [6.45, 7) is 0. The first kappa shape index (κ1) is 17.9. The predicted octanol–water partition coefficient (Wildman–Crippen LogP) is 4.14. The van der Waals surface area contributed by atoms with Crippen LogP contribution < -0.4 is 16.0 Å². The number of carbonyl (C=O) groups is 3. The summed E-state index contributed by atoms with van der Waals surface area (Å²) in [6, 6.07) is 15.8. The molecule has 0 atom stereocenters. The number of amides is 3. The Bertz CT molecular complexity index is 1060. The Balaban J connectivity index is 1.46. The summed E-state index contributed by atoms with van der Waals surface area (Å²) in [5, 5.41) is 10.3. The molecule has 3 amide bonds. The second-order valence-electron chi connectivity index (χ2n) is 6.39. The predicted molar refractivity (Wildman–Crippen MR) is 110 cm³/mol. The lowest BCUT2D eigenvalue weighted by Crippen LogP contribution is -2.19. The van der Waals surface area contributed by atoms with Gasteiger partial charge in [0, 0.05) is 29.0 Å². The standard InChI is InChI=1S/C21H17N3O3S/c25-19-9-6-13-11-16(7-8-17(13)24-19)22-20(26)14-3-1-4-15(12-14)23-21(27)18-5-2-10-28-18/h1-5,7-8,10-12H,6,9H2,(H,22,26)(H,23,27)(H,24,25). The number of hydrogen-bond acceptors (Lipinski definition) is 4. The fraction of sp³-hybridized carbons (Fsp3) is 0.0952. The van der Waals surface area contributed by atoms with Gasteiger partial charge < -0.3 is 16.0 Å². The molecule has 0 saturated heterocycles. The van der Waals surface area contributed by atoms with Crippen LogP contribution in [0.4, 0.5) is 17.1 Å². The lowest BCUT2D eigenvalue weighted by Gasteiger charge is -2.17. The van der Waals surface area contributed by atoms with Gasteiger partial charge in [0.25, 0.3) is 11.8 Å². The van der Waals surface area contributed by atoms with Crippen molar-refractivity contribution in [1.29, 1.82) is 0 Å². The van der Waals surface area contributed by atoms with Crippen LogP contribution in [0.3, 0.4) is 0 Å². The summed E-state index contributed by atoms with van der Waals surface area (Å²) in [7, 11) is 0. The molecule has 140 valence electrons. The number of anilines is 3. The number of nitrogens with one attached hydrogen (secondary N) is 3. The third-order valence-electron chi connectivity index (χ3n) is 4.39. The highest BCUT2D eigenvalue weighted by atomic mass is 32.1. The minimum Gasteiger partial charge on any atom is -0.326 e. The van der Waals surface area contributed by atoms with Crippen molar-refractivity contribution >= 4 is 46.1 Å². The molecule has 0 bridgehead atoms. The first-order valence-electron chi connectivity index (χ1n) is 8.77. The number of fused-ring (bicyclic) bond motifs is 1. The molecule has 0 saturated carbocycles. The first-order chi connectivity index (χ1) is 13.6. The van der Waals surface area contributed by atoms with Crippen LogP contribution in [-0.4, -0.2) is 17.7 Å². The summed E-state index contributed by atoms with van der Waals surface area (Å²) in [4.78, 5) is 36.8. The number of carbonyl (C=O) groups excluding carboxylic acids is 3. The highest BCUT2D eigenvalue weighted by Crippen LogP contribution is 2.26. The Morgan fingerprint density at radius 3 is 2.54 bits per heavy atom. The van der Waals surface area contributed by atoms with Crippen molar-refractivity contribution < 1.29 is 14.4 Å². The van der Waals surface area contributed by atoms with Crippen molar-refractivity contribution in [3.05, 3.63) is 76.0 Å². The van der Waals surface area contributed by atoms with E-state index in [0.29, 0.717) is 34.7 Å². The molecule has 4 rings (SSSR count). The summed E-state index contributed by atoms with van der Waals surface area (Å²) in [5.41, 5.74) is 3.43. The first-order valence-corrected chi connectivity index (χ1v) is 9.65. The van der Waals surface area contributed by atoms with Crippen molar-refractivity contribution in [3.8, 4) is 0 Å². The quantitative estimate of drug-likeness (QED) is 0.625. The van der Waals surface area contributed by atoms with Crippen LogP contribution in [-0.2, 0) is 11.2 Å². The van der Waals surface area contributed by atoms with Crippen LogP contribution in [0.1, 0.15) is 32.0 Å². The van der Waals surface area contributed by atoms with E-state index in [-0.39, 0.29) is 17.7 Å². The summed E-state index contributed by atoms with van der Waals surface area (Å²) >= 11 is 1.36. The van der Waals surface area contributed by atoms with Crippen LogP contribution in [0.2, 0.25) is 0 Å². The number of aryl methyl sites for hydroxylation is 1. The van der Waals surface area contributed by atoms with E-state index in [1.807, 2.05) is 17.5 Å². The van der Waals surface area contributed by atoms with Crippen LogP contribution in [0.25, 0.3) is 0 Å². The topological polar surface area (TPSA) is 87.3 Å². The number of hydrogen-bond donors (Lipinski definition) is 3. The molecule has 0 spiro atoms. The van der Waals surface area contributed by atoms with Gasteiger partial charge >= 0.3 is 0 Å². The highest BCUT2D eigenvalue weighted by Gasteiger charge is 2.16. The normalized spacial score (nSPS) is 12.6. The molecule has 2 aromatic carbocycles. The third kappa shape index (κ3) is 3.94. The third-order valence-corrected chi connectivity index (χ3v) is 5.25. The van der Waals surface area contributed by atoms with E-state index in [4.69, 9.17) is 0 Å². The second kappa shape index (κ2) is 7.66. The minimum atomic E-state index is -0.271. The van der Waals surface area contributed by atoms with E-state index in [9.17, 15) is 14.4 Å². The van der Waals surface area contributed by atoms with Gasteiger partial charge in [-0.2, -0.15) is 0 Å².